The Morgan fingerprint density at radius 3 is 1.50 bits per heavy atom. The van der Waals surface area contributed by atoms with E-state index in [9.17, 15) is 0 Å². The maximum absolute atomic E-state index is 15.9. The van der Waals surface area contributed by atoms with Gasteiger partial charge in [0.15, 0.2) is 17.5 Å². The van der Waals surface area contributed by atoms with Crippen molar-refractivity contribution in [1.82, 2.24) is 19.9 Å². The molecule has 6 nitrogen and oxygen atoms in total. The third kappa shape index (κ3) is 6.34. The molecule has 0 atom stereocenters. The van der Waals surface area contributed by atoms with Crippen molar-refractivity contribution in [3.8, 4) is 101 Å². The van der Waals surface area contributed by atoms with E-state index in [0.717, 1.165) is 83.5 Å². The predicted octanol–water partition coefficient (Wildman–Crippen LogP) is 14.1. The Balaban J connectivity index is 1.16. The second-order valence-corrected chi connectivity index (χ2v) is 19.3. The number of aromatic nitrogens is 4. The van der Waals surface area contributed by atoms with E-state index in [0.29, 0.717) is 28.6 Å². The second-order valence-electron chi connectivity index (χ2n) is 17.4. The first-order valence-electron chi connectivity index (χ1n) is 22.0. The zero-order chi connectivity index (χ0) is 44.6. The Kier molecular flexibility index (Phi) is 9.12. The van der Waals surface area contributed by atoms with Gasteiger partial charge in [0, 0.05) is 45.6 Å². The molecule has 0 bridgehead atoms. The molecule has 0 unspecified atom stereocenters. The maximum Gasteiger partial charge on any atom is 0.207 e. The van der Waals surface area contributed by atoms with Crippen LogP contribution >= 0.6 is 0 Å². The first kappa shape index (κ1) is 39.5. The van der Waals surface area contributed by atoms with Crippen molar-refractivity contribution >= 4 is 9.84 Å². The number of fused-ring (bicyclic) bond motifs is 12. The van der Waals surface area contributed by atoms with Crippen LogP contribution in [0.2, 0.25) is 0 Å². The largest absolute Gasteiger partial charge is 0.264 e. The molecule has 2 aromatic heterocycles. The standard InChI is InChI=1S/C59H40N4O2S/c1-59(2)52-24-12-10-22-47(52)50-34-51-49-33-40(58-62-56(38-15-4-3-5-16-38)61-57(63-58)39-28-26-37(27-29-39)41-17-14-32-60-36-41)30-31-46(49)44-20-7-6-18-42(44)43-19-8-9-21-45(43)48-23-11-13-25-54(48)66(64,65)55(51)35-53(50)59/h3-36H,1-2H3. The van der Waals surface area contributed by atoms with Crippen LogP contribution in [0.5, 0.6) is 0 Å². The maximum atomic E-state index is 15.9. The molecule has 7 heteroatoms. The Labute approximate surface area is 384 Å². The number of benzene rings is 8. The van der Waals surface area contributed by atoms with Crippen molar-refractivity contribution in [3.63, 3.8) is 0 Å². The molecule has 0 radical (unpaired) electrons. The van der Waals surface area contributed by atoms with Crippen molar-refractivity contribution in [2.45, 2.75) is 29.1 Å². The van der Waals surface area contributed by atoms with E-state index in [-0.39, 0.29) is 9.79 Å². The van der Waals surface area contributed by atoms with Crippen LogP contribution in [-0.2, 0) is 15.3 Å². The van der Waals surface area contributed by atoms with Crippen LogP contribution in [0.3, 0.4) is 0 Å². The lowest BCUT2D eigenvalue weighted by Gasteiger charge is -2.24. The van der Waals surface area contributed by atoms with Gasteiger partial charge in [0.2, 0.25) is 9.84 Å². The Bertz CT molecular complexity index is 3680. The van der Waals surface area contributed by atoms with Crippen molar-refractivity contribution in [3.05, 3.63) is 218 Å². The van der Waals surface area contributed by atoms with Crippen LogP contribution in [0.15, 0.2) is 216 Å². The summed E-state index contributed by atoms with van der Waals surface area (Å²) in [5, 5.41) is 0. The summed E-state index contributed by atoms with van der Waals surface area (Å²) in [4.78, 5) is 20.2. The van der Waals surface area contributed by atoms with Gasteiger partial charge in [0.1, 0.15) is 0 Å². The molecule has 12 rings (SSSR count). The van der Waals surface area contributed by atoms with Crippen LogP contribution in [0, 0.1) is 0 Å². The molecular formula is C59H40N4O2S. The van der Waals surface area contributed by atoms with Crippen molar-refractivity contribution < 1.29 is 8.42 Å². The van der Waals surface area contributed by atoms with E-state index in [2.05, 4.69) is 104 Å². The summed E-state index contributed by atoms with van der Waals surface area (Å²) in [6.07, 6.45) is 3.62. The van der Waals surface area contributed by atoms with Gasteiger partial charge in [-0.25, -0.2) is 23.4 Å². The lowest BCUT2D eigenvalue weighted by molar-refractivity contribution is 0.596. The lowest BCUT2D eigenvalue weighted by Crippen LogP contribution is -2.16. The van der Waals surface area contributed by atoms with E-state index >= 15 is 8.42 Å². The summed E-state index contributed by atoms with van der Waals surface area (Å²) in [5.74, 6) is 1.52. The average molecular weight is 869 g/mol. The van der Waals surface area contributed by atoms with Crippen LogP contribution in [0.4, 0.5) is 0 Å². The van der Waals surface area contributed by atoms with Crippen molar-refractivity contribution in [1.29, 1.82) is 0 Å². The molecule has 0 N–H and O–H groups in total. The normalized spacial score (nSPS) is 13.7. The first-order chi connectivity index (χ1) is 32.2. The quantitative estimate of drug-likeness (QED) is 0.175. The zero-order valence-electron chi connectivity index (χ0n) is 36.1. The highest BCUT2D eigenvalue weighted by Gasteiger charge is 2.39. The molecule has 0 saturated heterocycles. The van der Waals surface area contributed by atoms with Gasteiger partial charge in [0.05, 0.1) is 9.79 Å². The van der Waals surface area contributed by atoms with Gasteiger partial charge in [-0.05, 0) is 97.1 Å². The Morgan fingerprint density at radius 2 is 0.848 bits per heavy atom. The Morgan fingerprint density at radius 1 is 0.348 bits per heavy atom. The van der Waals surface area contributed by atoms with E-state index in [1.54, 1.807) is 12.3 Å². The summed E-state index contributed by atoms with van der Waals surface area (Å²) in [7, 11) is -4.18. The number of sulfone groups is 1. The minimum atomic E-state index is -4.18. The zero-order valence-corrected chi connectivity index (χ0v) is 37.0. The Hall–Kier alpha value is -8.13. The minimum absolute atomic E-state index is 0.250. The van der Waals surface area contributed by atoms with E-state index < -0.39 is 15.3 Å². The fourth-order valence-corrected chi connectivity index (χ4v) is 11.6. The van der Waals surface area contributed by atoms with Crippen LogP contribution < -0.4 is 0 Å². The van der Waals surface area contributed by atoms with Crippen LogP contribution in [0.1, 0.15) is 25.0 Å². The van der Waals surface area contributed by atoms with Gasteiger partial charge in [-0.15, -0.1) is 0 Å². The summed E-state index contributed by atoms with van der Waals surface area (Å²) < 4.78 is 31.7. The highest BCUT2D eigenvalue weighted by molar-refractivity contribution is 7.91. The molecule has 0 fully saturated rings. The number of pyridine rings is 1. The van der Waals surface area contributed by atoms with E-state index in [1.807, 2.05) is 109 Å². The summed E-state index contributed by atoms with van der Waals surface area (Å²) in [6.45, 7) is 4.37. The highest BCUT2D eigenvalue weighted by atomic mass is 32.2. The smallest absolute Gasteiger partial charge is 0.207 e. The molecular weight excluding hydrogens is 829 g/mol. The number of hydrogen-bond acceptors (Lipinski definition) is 6. The van der Waals surface area contributed by atoms with Crippen LogP contribution in [0.25, 0.3) is 101 Å². The van der Waals surface area contributed by atoms with E-state index in [4.69, 9.17) is 15.0 Å². The molecule has 1 aliphatic heterocycles. The van der Waals surface area contributed by atoms with Gasteiger partial charge >= 0.3 is 0 Å². The molecule has 2 aliphatic rings. The molecule has 66 heavy (non-hydrogen) atoms. The molecule has 8 aromatic carbocycles. The van der Waals surface area contributed by atoms with Gasteiger partial charge in [-0.1, -0.05) is 178 Å². The van der Waals surface area contributed by atoms with Crippen molar-refractivity contribution in [2.75, 3.05) is 0 Å². The van der Waals surface area contributed by atoms with Gasteiger partial charge in [-0.3, -0.25) is 4.98 Å². The monoisotopic (exact) mass is 868 g/mol. The minimum Gasteiger partial charge on any atom is -0.264 e. The molecule has 0 spiro atoms. The SMILES string of the molecule is CC1(C)c2ccccc2-c2cc3c(cc21)S(=O)(=O)c1ccccc1-c1ccccc1-c1ccccc1-c1ccc(-c2nc(-c4ccccc4)nc(-c4ccc(-c5cccnc5)cc4)n2)cc1-3. The first-order valence-corrected chi connectivity index (χ1v) is 23.5. The molecule has 0 amide bonds. The summed E-state index contributed by atoms with van der Waals surface area (Å²) in [6, 6.07) is 64.7. The van der Waals surface area contributed by atoms with E-state index in [1.165, 1.54) is 0 Å². The summed E-state index contributed by atoms with van der Waals surface area (Å²) >= 11 is 0. The fraction of sp³-hybridized carbons (Fsp3) is 0.0508. The highest BCUT2D eigenvalue weighted by Crippen LogP contribution is 2.54. The topological polar surface area (TPSA) is 85.7 Å². The number of nitrogens with zero attached hydrogens (tertiary/aromatic N) is 4. The molecule has 0 saturated carbocycles. The van der Waals surface area contributed by atoms with Crippen molar-refractivity contribution in [2.24, 2.45) is 0 Å². The van der Waals surface area contributed by atoms with Crippen LogP contribution in [-0.4, -0.2) is 28.4 Å². The second kappa shape index (κ2) is 15.3. The fourth-order valence-electron chi connectivity index (χ4n) is 9.95. The van der Waals surface area contributed by atoms with Gasteiger partial charge in [0.25, 0.3) is 0 Å². The average Bonchev–Trinajstić information content (AvgIpc) is 3.60. The molecule has 10 aromatic rings. The number of rotatable bonds is 4. The summed E-state index contributed by atoms with van der Waals surface area (Å²) in [5.41, 5.74) is 14.9. The van der Waals surface area contributed by atoms with Gasteiger partial charge < -0.3 is 0 Å². The lowest BCUT2D eigenvalue weighted by atomic mass is 9.81. The third-order valence-electron chi connectivity index (χ3n) is 13.2. The predicted molar refractivity (Wildman–Crippen MR) is 264 cm³/mol. The molecule has 1 aliphatic carbocycles. The van der Waals surface area contributed by atoms with Gasteiger partial charge in [-0.2, -0.15) is 0 Å². The molecule has 314 valence electrons. The third-order valence-corrected chi connectivity index (χ3v) is 15.1. The molecule has 3 heterocycles. The number of hydrogen-bond donors (Lipinski definition) is 0.